The maximum atomic E-state index is 13.0. The number of rotatable bonds is 59. The number of phosphoric acid groups is 1. The Labute approximate surface area is 489 Å². The second kappa shape index (κ2) is 59.8. The Hall–Kier alpha value is -2.84. The summed E-state index contributed by atoms with van der Waals surface area (Å²) in [6, 6.07) is -0.776. The van der Waals surface area contributed by atoms with E-state index < -0.39 is 20.0 Å². The summed E-state index contributed by atoms with van der Waals surface area (Å²) < 4.78 is 23.8. The van der Waals surface area contributed by atoms with Gasteiger partial charge < -0.3 is 19.8 Å². The zero-order valence-corrected chi connectivity index (χ0v) is 53.0. The van der Waals surface area contributed by atoms with Crippen LogP contribution in [0.5, 0.6) is 0 Å². The lowest BCUT2D eigenvalue weighted by atomic mass is 10.0. The first-order valence-electron chi connectivity index (χ1n) is 32.8. The molecule has 0 heterocycles. The standard InChI is InChI=1S/C70H125N2O6P/c1-6-8-10-12-14-16-18-20-22-24-26-28-30-31-32-33-34-35-36-37-38-39-40-41-42-44-46-48-50-52-54-56-58-60-62-64-70(74)71-68(67-78-79(75,76)77-66-65-72(3,4)5)69(73)63-61-59-57-55-53-51-49-47-45-43-29-27-25-23-21-19-17-15-13-11-9-7-2/h8,10,14,16,20,22,26,28,31-32,34-35,37-38,40-41,44,46,68-69,73H,6-7,9,11-13,15,17-19,21,23-25,27,29-30,33,36,39,42-43,45,47-67H2,1-5H3,(H-,71,74,75,76)/p+1/b10-8-,16-14-,22-20-,28-26-,32-31-,35-34-,38-37-,41-40-,46-44-. The van der Waals surface area contributed by atoms with Gasteiger partial charge in [0.05, 0.1) is 39.9 Å². The van der Waals surface area contributed by atoms with Crippen LogP contribution in [0.3, 0.4) is 0 Å². The molecule has 0 aromatic carbocycles. The Bertz CT molecular complexity index is 1650. The van der Waals surface area contributed by atoms with Gasteiger partial charge in [-0.2, -0.15) is 0 Å². The summed E-state index contributed by atoms with van der Waals surface area (Å²) in [5.74, 6) is -0.157. The molecule has 0 fully saturated rings. The predicted molar refractivity (Wildman–Crippen MR) is 345 cm³/mol. The number of nitrogens with zero attached hydrogens (tertiary/aromatic N) is 1. The number of aliphatic hydroxyl groups excluding tert-OH is 1. The summed E-state index contributed by atoms with van der Waals surface area (Å²) in [5.41, 5.74) is 0. The molecule has 0 saturated heterocycles. The van der Waals surface area contributed by atoms with E-state index >= 15 is 0 Å². The maximum Gasteiger partial charge on any atom is 0.472 e. The lowest BCUT2D eigenvalue weighted by molar-refractivity contribution is -0.870. The van der Waals surface area contributed by atoms with Crippen LogP contribution in [0.25, 0.3) is 0 Å². The highest BCUT2D eigenvalue weighted by Gasteiger charge is 2.28. The highest BCUT2D eigenvalue weighted by molar-refractivity contribution is 7.47. The number of aliphatic hydroxyl groups is 1. The molecule has 0 bridgehead atoms. The summed E-state index contributed by atoms with van der Waals surface area (Å²) in [6.07, 6.45) is 87.3. The van der Waals surface area contributed by atoms with Crippen molar-refractivity contribution in [2.45, 2.75) is 289 Å². The van der Waals surface area contributed by atoms with E-state index in [-0.39, 0.29) is 19.1 Å². The molecule has 0 saturated carbocycles. The number of hydrogen-bond acceptors (Lipinski definition) is 5. The summed E-state index contributed by atoms with van der Waals surface area (Å²) in [5, 5.41) is 14.1. The molecule has 0 spiro atoms. The number of nitrogens with one attached hydrogen (secondary N) is 1. The van der Waals surface area contributed by atoms with Crippen LogP contribution in [0.2, 0.25) is 0 Å². The topological polar surface area (TPSA) is 105 Å². The van der Waals surface area contributed by atoms with Crippen LogP contribution >= 0.6 is 7.82 Å². The number of phosphoric ester groups is 1. The fraction of sp³-hybridized carbons (Fsp3) is 0.729. The largest absolute Gasteiger partial charge is 0.472 e. The first-order chi connectivity index (χ1) is 38.5. The van der Waals surface area contributed by atoms with Crippen molar-refractivity contribution in [1.82, 2.24) is 5.32 Å². The van der Waals surface area contributed by atoms with Gasteiger partial charge in [0.2, 0.25) is 5.91 Å². The summed E-state index contributed by atoms with van der Waals surface area (Å²) in [7, 11) is 1.60. The molecule has 3 unspecified atom stereocenters. The summed E-state index contributed by atoms with van der Waals surface area (Å²) in [4.78, 5) is 23.4. The van der Waals surface area contributed by atoms with Crippen LogP contribution in [0, 0.1) is 0 Å². The average molecular weight is 1120 g/mol. The molecule has 0 aliphatic rings. The number of likely N-dealkylation sites (N-methyl/N-ethyl adjacent to an activating group) is 1. The van der Waals surface area contributed by atoms with Crippen LogP contribution in [-0.2, 0) is 18.4 Å². The molecule has 0 aromatic rings. The lowest BCUT2D eigenvalue weighted by Gasteiger charge is -2.26. The molecule has 0 rings (SSSR count). The highest BCUT2D eigenvalue weighted by Crippen LogP contribution is 2.43. The van der Waals surface area contributed by atoms with Crippen molar-refractivity contribution >= 4 is 13.7 Å². The van der Waals surface area contributed by atoms with Crippen molar-refractivity contribution in [1.29, 1.82) is 0 Å². The molecule has 0 aliphatic heterocycles. The molecule has 0 aliphatic carbocycles. The van der Waals surface area contributed by atoms with Crippen LogP contribution in [0.15, 0.2) is 109 Å². The van der Waals surface area contributed by atoms with Gasteiger partial charge in [-0.1, -0.05) is 297 Å². The number of unbranched alkanes of at least 4 members (excludes halogenated alkanes) is 28. The smallest absolute Gasteiger partial charge is 0.391 e. The van der Waals surface area contributed by atoms with Crippen molar-refractivity contribution in [2.24, 2.45) is 0 Å². The van der Waals surface area contributed by atoms with E-state index in [9.17, 15) is 19.4 Å². The van der Waals surface area contributed by atoms with Crippen LogP contribution in [0.4, 0.5) is 0 Å². The molecule has 79 heavy (non-hydrogen) atoms. The average Bonchev–Trinajstić information content (AvgIpc) is 3.42. The minimum atomic E-state index is -4.34. The minimum absolute atomic E-state index is 0.0674. The monoisotopic (exact) mass is 1120 g/mol. The quantitative estimate of drug-likeness (QED) is 0.0243. The number of allylic oxidation sites excluding steroid dienone is 18. The number of carbonyl (C=O) groups is 1. The first kappa shape index (κ1) is 76.2. The Kier molecular flexibility index (Phi) is 57.6. The first-order valence-corrected chi connectivity index (χ1v) is 34.2. The second-order valence-corrected chi connectivity index (χ2v) is 24.6. The van der Waals surface area contributed by atoms with Crippen molar-refractivity contribution in [2.75, 3.05) is 40.9 Å². The van der Waals surface area contributed by atoms with Crippen molar-refractivity contribution in [3.8, 4) is 0 Å². The summed E-state index contributed by atoms with van der Waals surface area (Å²) >= 11 is 0. The van der Waals surface area contributed by atoms with Gasteiger partial charge in [0, 0.05) is 6.42 Å². The number of carbonyl (C=O) groups excluding carboxylic acids is 1. The normalized spacial score (nSPS) is 14.5. The molecule has 3 atom stereocenters. The van der Waals surface area contributed by atoms with Gasteiger partial charge in [0.15, 0.2) is 0 Å². The second-order valence-electron chi connectivity index (χ2n) is 23.1. The predicted octanol–water partition coefficient (Wildman–Crippen LogP) is 20.7. The lowest BCUT2D eigenvalue weighted by Crippen LogP contribution is -2.46. The third kappa shape index (κ3) is 62.6. The van der Waals surface area contributed by atoms with Gasteiger partial charge in [-0.15, -0.1) is 0 Å². The molecular weight excluding hydrogens is 996 g/mol. The fourth-order valence-corrected chi connectivity index (χ4v) is 9.95. The fourth-order valence-electron chi connectivity index (χ4n) is 9.22. The van der Waals surface area contributed by atoms with Crippen molar-refractivity contribution in [3.63, 3.8) is 0 Å². The van der Waals surface area contributed by atoms with E-state index in [2.05, 4.69) is 129 Å². The Morgan fingerprint density at radius 1 is 0.443 bits per heavy atom. The molecule has 1 amide bonds. The molecule has 8 nitrogen and oxygen atoms in total. The third-order valence-corrected chi connectivity index (χ3v) is 15.3. The highest BCUT2D eigenvalue weighted by atomic mass is 31.2. The SMILES string of the molecule is CC/C=C\C/C=C\C/C=C\C/C=C\C/C=C\C/C=C\C/C=C\C/C=C\C/C=C\CCCCCCCCCC(=O)NC(COP(=O)(O)OCC[N+](C)(C)C)C(O)CCCCCCCCCCCCCCCCCCCCCCCC. The minimum Gasteiger partial charge on any atom is -0.391 e. The molecule has 0 radical (unpaired) electrons. The Morgan fingerprint density at radius 2 is 0.759 bits per heavy atom. The van der Waals surface area contributed by atoms with E-state index in [4.69, 9.17) is 9.05 Å². The van der Waals surface area contributed by atoms with E-state index in [1.165, 1.54) is 141 Å². The van der Waals surface area contributed by atoms with Gasteiger partial charge in [0.1, 0.15) is 13.2 Å². The molecule has 3 N–H and O–H groups in total. The third-order valence-electron chi connectivity index (χ3n) is 14.3. The van der Waals surface area contributed by atoms with Gasteiger partial charge >= 0.3 is 7.82 Å². The number of hydrogen-bond donors (Lipinski definition) is 3. The van der Waals surface area contributed by atoms with Crippen LogP contribution < -0.4 is 5.32 Å². The van der Waals surface area contributed by atoms with Crippen molar-refractivity contribution in [3.05, 3.63) is 109 Å². The molecule has 456 valence electrons. The van der Waals surface area contributed by atoms with Crippen molar-refractivity contribution < 1.29 is 32.9 Å². The zero-order chi connectivity index (χ0) is 57.7. The van der Waals surface area contributed by atoms with E-state index in [0.29, 0.717) is 23.9 Å². The summed E-state index contributed by atoms with van der Waals surface area (Å²) in [6.45, 7) is 4.78. The van der Waals surface area contributed by atoms with Gasteiger partial charge in [-0.3, -0.25) is 13.8 Å². The van der Waals surface area contributed by atoms with Crippen LogP contribution in [0.1, 0.15) is 277 Å². The zero-order valence-electron chi connectivity index (χ0n) is 52.1. The Balaban J connectivity index is 4.16. The number of quaternary nitrogens is 1. The van der Waals surface area contributed by atoms with E-state index in [1.54, 1.807) is 0 Å². The van der Waals surface area contributed by atoms with Gasteiger partial charge in [0.25, 0.3) is 0 Å². The molecular formula is C70H126N2O6P+. The van der Waals surface area contributed by atoms with Crippen LogP contribution in [-0.4, -0.2) is 73.4 Å². The van der Waals surface area contributed by atoms with E-state index in [0.717, 1.165) is 109 Å². The Morgan fingerprint density at radius 3 is 1.11 bits per heavy atom. The maximum absolute atomic E-state index is 13.0. The van der Waals surface area contributed by atoms with Gasteiger partial charge in [-0.05, 0) is 83.5 Å². The molecule has 0 aromatic heterocycles. The van der Waals surface area contributed by atoms with Gasteiger partial charge in [-0.25, -0.2) is 4.57 Å². The van der Waals surface area contributed by atoms with E-state index in [1.807, 2.05) is 21.1 Å². The molecule has 9 heteroatoms. The number of amides is 1.